The van der Waals surface area contributed by atoms with Gasteiger partial charge in [-0.15, -0.1) is 0 Å². The third-order valence-electron chi connectivity index (χ3n) is 5.74. The van der Waals surface area contributed by atoms with Gasteiger partial charge in [0.15, 0.2) is 0 Å². The van der Waals surface area contributed by atoms with Gasteiger partial charge in [0, 0.05) is 36.7 Å². The molecule has 1 fully saturated rings. The highest BCUT2D eigenvalue weighted by Gasteiger charge is 2.23. The molecule has 0 saturated carbocycles. The van der Waals surface area contributed by atoms with Crippen molar-refractivity contribution < 1.29 is 9.53 Å². The summed E-state index contributed by atoms with van der Waals surface area (Å²) in [5, 5.41) is 4.03. The van der Waals surface area contributed by atoms with Crippen molar-refractivity contribution in [2.45, 2.75) is 58.8 Å². The van der Waals surface area contributed by atoms with Gasteiger partial charge < -0.3 is 19.9 Å². The van der Waals surface area contributed by atoms with Crippen LogP contribution in [0.15, 0.2) is 42.6 Å². The summed E-state index contributed by atoms with van der Waals surface area (Å²) in [6.07, 6.45) is 2.22. The van der Waals surface area contributed by atoms with Crippen molar-refractivity contribution in [3.8, 4) is 0 Å². The molecule has 1 saturated heterocycles. The molecule has 1 aliphatic rings. The molecule has 1 amide bonds. The van der Waals surface area contributed by atoms with Crippen molar-refractivity contribution in [3.05, 3.63) is 59.4 Å². The SMILES string of the molecule is CC1CN(c2ccc(CNC(=O)c3cc4ccc(C(C)(C)C)cc4[nH]3)cn2)CC(C)O1. The molecule has 1 aromatic carbocycles. The van der Waals surface area contributed by atoms with E-state index in [2.05, 4.69) is 73.0 Å². The highest BCUT2D eigenvalue weighted by molar-refractivity contribution is 5.98. The van der Waals surface area contributed by atoms with Crippen molar-refractivity contribution in [1.29, 1.82) is 0 Å². The average molecular weight is 421 g/mol. The minimum atomic E-state index is -0.117. The Morgan fingerprint density at radius 3 is 2.55 bits per heavy atom. The molecule has 0 aliphatic carbocycles. The van der Waals surface area contributed by atoms with Crippen LogP contribution in [0, 0.1) is 0 Å². The summed E-state index contributed by atoms with van der Waals surface area (Å²) in [6, 6.07) is 12.3. The normalized spacial score (nSPS) is 19.6. The van der Waals surface area contributed by atoms with Gasteiger partial charge in [-0.2, -0.15) is 0 Å². The molecule has 31 heavy (non-hydrogen) atoms. The van der Waals surface area contributed by atoms with Gasteiger partial charge in [-0.1, -0.05) is 39.0 Å². The van der Waals surface area contributed by atoms with Crippen LogP contribution in [0.25, 0.3) is 10.9 Å². The molecule has 0 radical (unpaired) electrons. The zero-order valence-corrected chi connectivity index (χ0v) is 19.0. The van der Waals surface area contributed by atoms with E-state index in [0.717, 1.165) is 35.4 Å². The van der Waals surface area contributed by atoms with E-state index in [0.29, 0.717) is 12.2 Å². The highest BCUT2D eigenvalue weighted by Crippen LogP contribution is 2.26. The van der Waals surface area contributed by atoms with E-state index in [-0.39, 0.29) is 23.5 Å². The number of amides is 1. The van der Waals surface area contributed by atoms with E-state index in [1.165, 1.54) is 5.56 Å². The Balaban J connectivity index is 1.39. The number of hydrogen-bond acceptors (Lipinski definition) is 4. The first kappa shape index (κ1) is 21.4. The molecule has 2 aromatic heterocycles. The van der Waals surface area contributed by atoms with Crippen LogP contribution < -0.4 is 10.2 Å². The second kappa shape index (κ2) is 8.35. The van der Waals surface area contributed by atoms with E-state index >= 15 is 0 Å². The number of H-pyrrole nitrogens is 1. The molecule has 0 spiro atoms. The first-order chi connectivity index (χ1) is 14.7. The van der Waals surface area contributed by atoms with Gasteiger partial charge in [-0.3, -0.25) is 4.79 Å². The topological polar surface area (TPSA) is 70.2 Å². The second-order valence-corrected chi connectivity index (χ2v) is 9.60. The zero-order valence-electron chi connectivity index (χ0n) is 19.0. The molecular formula is C25H32N4O2. The number of rotatable bonds is 4. The number of anilines is 1. The predicted octanol–water partition coefficient (Wildman–Crippen LogP) is 4.40. The molecule has 0 bridgehead atoms. The summed E-state index contributed by atoms with van der Waals surface area (Å²) in [7, 11) is 0. The lowest BCUT2D eigenvalue weighted by molar-refractivity contribution is -0.00546. The predicted molar refractivity (Wildman–Crippen MR) is 125 cm³/mol. The number of hydrogen-bond donors (Lipinski definition) is 2. The van der Waals surface area contributed by atoms with E-state index in [1.54, 1.807) is 0 Å². The van der Waals surface area contributed by atoms with Crippen LogP contribution in [0.5, 0.6) is 0 Å². The Kier molecular flexibility index (Phi) is 5.75. The number of aromatic nitrogens is 2. The number of nitrogens with one attached hydrogen (secondary N) is 2. The standard InChI is InChI=1S/C25H32N4O2/c1-16-14-29(15-17(2)31-16)23-9-6-18(12-26-23)13-27-24(30)22-10-19-7-8-20(25(3,4)5)11-21(19)28-22/h6-12,16-17,28H,13-15H2,1-5H3,(H,27,30). The molecule has 2 atom stereocenters. The lowest BCUT2D eigenvalue weighted by atomic mass is 9.87. The minimum Gasteiger partial charge on any atom is -0.372 e. The number of ether oxygens (including phenoxy) is 1. The molecule has 3 heterocycles. The van der Waals surface area contributed by atoms with Crippen molar-refractivity contribution in [2.75, 3.05) is 18.0 Å². The van der Waals surface area contributed by atoms with E-state index in [1.807, 2.05) is 24.4 Å². The van der Waals surface area contributed by atoms with Gasteiger partial charge in [-0.25, -0.2) is 4.98 Å². The number of morpholine rings is 1. The Labute approximate surface area is 184 Å². The van der Waals surface area contributed by atoms with Gasteiger partial charge in [0.25, 0.3) is 5.91 Å². The minimum absolute atomic E-state index is 0.0676. The van der Waals surface area contributed by atoms with Gasteiger partial charge in [0.05, 0.1) is 12.2 Å². The maximum absolute atomic E-state index is 12.7. The van der Waals surface area contributed by atoms with Crippen LogP contribution in [0.4, 0.5) is 5.82 Å². The fourth-order valence-electron chi connectivity index (χ4n) is 4.07. The van der Waals surface area contributed by atoms with Gasteiger partial charge >= 0.3 is 0 Å². The van der Waals surface area contributed by atoms with Gasteiger partial charge in [-0.05, 0) is 48.6 Å². The van der Waals surface area contributed by atoms with Crippen LogP contribution in [0.1, 0.15) is 56.2 Å². The molecule has 3 aromatic rings. The van der Waals surface area contributed by atoms with E-state index in [4.69, 9.17) is 4.74 Å². The number of benzene rings is 1. The molecule has 164 valence electrons. The quantitative estimate of drug-likeness (QED) is 0.656. The lowest BCUT2D eigenvalue weighted by Crippen LogP contribution is -2.45. The molecular weight excluding hydrogens is 388 g/mol. The fraction of sp³-hybridized carbons (Fsp3) is 0.440. The van der Waals surface area contributed by atoms with Crippen molar-refractivity contribution in [1.82, 2.24) is 15.3 Å². The maximum atomic E-state index is 12.7. The number of pyridine rings is 1. The third kappa shape index (κ3) is 4.90. The van der Waals surface area contributed by atoms with E-state index < -0.39 is 0 Å². The average Bonchev–Trinajstić information content (AvgIpc) is 3.14. The Morgan fingerprint density at radius 2 is 1.90 bits per heavy atom. The van der Waals surface area contributed by atoms with Crippen LogP contribution in [-0.2, 0) is 16.7 Å². The summed E-state index contributed by atoms with van der Waals surface area (Å²) >= 11 is 0. The number of carbonyl (C=O) groups is 1. The first-order valence-corrected chi connectivity index (χ1v) is 11.0. The number of fused-ring (bicyclic) bond motifs is 1. The maximum Gasteiger partial charge on any atom is 0.267 e. The monoisotopic (exact) mass is 420 g/mol. The van der Waals surface area contributed by atoms with Crippen molar-refractivity contribution >= 4 is 22.6 Å². The van der Waals surface area contributed by atoms with E-state index in [9.17, 15) is 4.79 Å². The zero-order chi connectivity index (χ0) is 22.2. The number of carbonyl (C=O) groups excluding carboxylic acids is 1. The highest BCUT2D eigenvalue weighted by atomic mass is 16.5. The Morgan fingerprint density at radius 1 is 1.16 bits per heavy atom. The fourth-order valence-corrected chi connectivity index (χ4v) is 4.07. The Bertz CT molecular complexity index is 1060. The Hall–Kier alpha value is -2.86. The van der Waals surface area contributed by atoms with Crippen molar-refractivity contribution in [2.24, 2.45) is 0 Å². The molecule has 2 N–H and O–H groups in total. The number of nitrogens with zero attached hydrogens (tertiary/aromatic N) is 2. The van der Waals surface area contributed by atoms with Gasteiger partial charge in [0.2, 0.25) is 0 Å². The lowest BCUT2D eigenvalue weighted by Gasteiger charge is -2.36. The second-order valence-electron chi connectivity index (χ2n) is 9.60. The van der Waals surface area contributed by atoms with Crippen LogP contribution in [0.2, 0.25) is 0 Å². The summed E-state index contributed by atoms with van der Waals surface area (Å²) in [6.45, 7) is 12.8. The molecule has 6 nitrogen and oxygen atoms in total. The largest absolute Gasteiger partial charge is 0.372 e. The first-order valence-electron chi connectivity index (χ1n) is 11.0. The third-order valence-corrected chi connectivity index (χ3v) is 5.74. The summed E-state index contributed by atoms with van der Waals surface area (Å²) in [5.41, 5.74) is 3.83. The smallest absolute Gasteiger partial charge is 0.267 e. The van der Waals surface area contributed by atoms with Crippen LogP contribution in [0.3, 0.4) is 0 Å². The molecule has 6 heteroatoms. The molecule has 4 rings (SSSR count). The molecule has 2 unspecified atom stereocenters. The van der Waals surface area contributed by atoms with Crippen molar-refractivity contribution in [3.63, 3.8) is 0 Å². The summed E-state index contributed by atoms with van der Waals surface area (Å²) in [4.78, 5) is 22.8. The van der Waals surface area contributed by atoms with Crippen LogP contribution in [-0.4, -0.2) is 41.2 Å². The van der Waals surface area contributed by atoms with Crippen LogP contribution >= 0.6 is 0 Å². The number of aromatic amines is 1. The van der Waals surface area contributed by atoms with Gasteiger partial charge in [0.1, 0.15) is 11.5 Å². The molecule has 1 aliphatic heterocycles. The summed E-state index contributed by atoms with van der Waals surface area (Å²) < 4.78 is 5.79. The summed E-state index contributed by atoms with van der Waals surface area (Å²) in [5.74, 6) is 0.829.